The number of hydrogen-bond acceptors (Lipinski definition) is 11. The standard InChI is InChI=1S/C28H24ClN5O7/c1-2-28(17-39-26(35)37-15-18-7-4-3-5-8-18)21(40-27(36)38-16-19-9-6-11-31-14-19)13-22(41-28)34-12-10-20-23(30)32-25(29)33-24(20)34/h1,3-12,14,21-22H,13,15-17H2,(H2,30,32,33)/t21-,22+,28+/m0/s1. The molecule has 0 spiro atoms. The van der Waals surface area contributed by atoms with Crippen molar-refractivity contribution in [3.8, 4) is 12.3 Å². The van der Waals surface area contributed by atoms with Gasteiger partial charge in [-0.2, -0.15) is 4.98 Å². The van der Waals surface area contributed by atoms with Crippen molar-refractivity contribution in [1.82, 2.24) is 19.5 Å². The zero-order chi connectivity index (χ0) is 28.8. The Balaban J connectivity index is 1.33. The normalized spacial score (nSPS) is 19.8. The molecule has 4 heterocycles. The highest BCUT2D eigenvalue weighted by Gasteiger charge is 2.52. The zero-order valence-electron chi connectivity index (χ0n) is 21.5. The summed E-state index contributed by atoms with van der Waals surface area (Å²) in [7, 11) is 0. The van der Waals surface area contributed by atoms with Gasteiger partial charge in [0.1, 0.15) is 37.5 Å². The maximum absolute atomic E-state index is 12.7. The quantitative estimate of drug-likeness (QED) is 0.180. The predicted molar refractivity (Wildman–Crippen MR) is 145 cm³/mol. The molecule has 0 amide bonds. The summed E-state index contributed by atoms with van der Waals surface area (Å²) in [5.74, 6) is 2.68. The number of aromatic nitrogens is 4. The van der Waals surface area contributed by atoms with Gasteiger partial charge in [-0.25, -0.2) is 14.6 Å². The minimum absolute atomic E-state index is 0.00987. The van der Waals surface area contributed by atoms with E-state index in [0.29, 0.717) is 16.6 Å². The molecule has 13 heteroatoms. The topological polar surface area (TPSA) is 150 Å². The van der Waals surface area contributed by atoms with Gasteiger partial charge < -0.3 is 34.0 Å². The molecule has 4 aromatic rings. The average Bonchev–Trinajstić information content (AvgIpc) is 3.57. The van der Waals surface area contributed by atoms with Crippen LogP contribution in [-0.2, 0) is 36.9 Å². The van der Waals surface area contributed by atoms with Crippen molar-refractivity contribution in [2.45, 2.75) is 37.6 Å². The Bertz CT molecular complexity index is 1580. The van der Waals surface area contributed by atoms with Crippen molar-refractivity contribution in [3.05, 3.63) is 83.5 Å². The van der Waals surface area contributed by atoms with Crippen molar-refractivity contribution >= 4 is 40.8 Å². The fraction of sp³-hybridized carbons (Fsp3) is 0.250. The lowest BCUT2D eigenvalue weighted by atomic mass is 9.98. The van der Waals surface area contributed by atoms with E-state index in [1.54, 1.807) is 53.5 Å². The Hall–Kier alpha value is -4.86. The number of halogens is 1. The number of nitrogens with zero attached hydrogens (tertiary/aromatic N) is 4. The fourth-order valence-corrected chi connectivity index (χ4v) is 4.48. The Morgan fingerprint density at radius 1 is 1.07 bits per heavy atom. The van der Waals surface area contributed by atoms with Gasteiger partial charge in [-0.05, 0) is 29.3 Å². The number of rotatable bonds is 8. The molecule has 210 valence electrons. The van der Waals surface area contributed by atoms with Gasteiger partial charge in [-0.3, -0.25) is 4.98 Å². The second-order valence-electron chi connectivity index (χ2n) is 9.00. The Labute approximate surface area is 239 Å². The third-order valence-corrected chi connectivity index (χ3v) is 6.50. The van der Waals surface area contributed by atoms with Gasteiger partial charge in [0.2, 0.25) is 10.9 Å². The second kappa shape index (κ2) is 12.1. The summed E-state index contributed by atoms with van der Waals surface area (Å²) in [6, 6.07) is 14.2. The van der Waals surface area contributed by atoms with Crippen molar-refractivity contribution in [1.29, 1.82) is 0 Å². The number of pyridine rings is 1. The summed E-state index contributed by atoms with van der Waals surface area (Å²) in [6.45, 7) is -0.568. The Morgan fingerprint density at radius 3 is 2.59 bits per heavy atom. The van der Waals surface area contributed by atoms with Gasteiger partial charge >= 0.3 is 12.3 Å². The molecule has 0 aliphatic carbocycles. The van der Waals surface area contributed by atoms with Crippen LogP contribution in [0.2, 0.25) is 5.28 Å². The van der Waals surface area contributed by atoms with Gasteiger partial charge in [-0.1, -0.05) is 42.3 Å². The first-order chi connectivity index (χ1) is 19.9. The van der Waals surface area contributed by atoms with Gasteiger partial charge in [0.25, 0.3) is 0 Å². The molecule has 3 atom stereocenters. The first-order valence-corrected chi connectivity index (χ1v) is 12.8. The predicted octanol–water partition coefficient (Wildman–Crippen LogP) is 4.43. The third kappa shape index (κ3) is 6.32. The Kier molecular flexibility index (Phi) is 8.19. The van der Waals surface area contributed by atoms with Crippen LogP contribution in [-0.4, -0.2) is 50.1 Å². The van der Waals surface area contributed by atoms with E-state index in [9.17, 15) is 9.59 Å². The molecular formula is C28H24ClN5O7. The lowest BCUT2D eigenvalue weighted by Crippen LogP contribution is -2.45. The molecule has 5 rings (SSSR count). The number of fused-ring (bicyclic) bond motifs is 1. The van der Waals surface area contributed by atoms with Crippen LogP contribution in [0.15, 0.2) is 67.1 Å². The number of nitrogen functional groups attached to an aromatic ring is 1. The van der Waals surface area contributed by atoms with E-state index in [4.69, 9.17) is 47.4 Å². The maximum atomic E-state index is 12.7. The van der Waals surface area contributed by atoms with Crippen molar-refractivity contribution in [3.63, 3.8) is 0 Å². The number of carbonyl (C=O) groups excluding carboxylic acids is 2. The van der Waals surface area contributed by atoms with E-state index in [1.807, 2.05) is 18.2 Å². The lowest BCUT2D eigenvalue weighted by Gasteiger charge is -2.28. The molecule has 2 N–H and O–H groups in total. The smallest absolute Gasteiger partial charge is 0.430 e. The van der Waals surface area contributed by atoms with Crippen LogP contribution >= 0.6 is 11.6 Å². The fourth-order valence-electron chi connectivity index (χ4n) is 4.31. The van der Waals surface area contributed by atoms with Crippen molar-refractivity contribution in [2.75, 3.05) is 12.3 Å². The van der Waals surface area contributed by atoms with E-state index in [2.05, 4.69) is 20.9 Å². The first-order valence-electron chi connectivity index (χ1n) is 12.4. The van der Waals surface area contributed by atoms with Crippen LogP contribution in [0.4, 0.5) is 15.4 Å². The van der Waals surface area contributed by atoms with Gasteiger partial charge in [0.15, 0.2) is 6.10 Å². The minimum Gasteiger partial charge on any atom is -0.430 e. The van der Waals surface area contributed by atoms with Crippen LogP contribution in [0.3, 0.4) is 0 Å². The number of hydrogen-bond donors (Lipinski definition) is 1. The SMILES string of the molecule is C#C[C@]1(COC(=O)OCc2ccccc2)O[C@@H](n2ccc3c(N)nc(Cl)nc32)C[C@@H]1OC(=O)OCc1cccnc1. The highest BCUT2D eigenvalue weighted by Crippen LogP contribution is 2.41. The number of carbonyl (C=O) groups is 2. The average molecular weight is 578 g/mol. The summed E-state index contributed by atoms with van der Waals surface area (Å²) in [6.07, 6.45) is 6.90. The molecule has 1 aliphatic rings. The lowest BCUT2D eigenvalue weighted by molar-refractivity contribution is -0.106. The summed E-state index contributed by atoms with van der Waals surface area (Å²) >= 11 is 6.03. The van der Waals surface area contributed by atoms with E-state index in [-0.39, 0.29) is 30.7 Å². The summed E-state index contributed by atoms with van der Waals surface area (Å²) in [5, 5.41) is 0.470. The third-order valence-electron chi connectivity index (χ3n) is 6.33. The molecule has 1 aliphatic heterocycles. The number of anilines is 1. The molecule has 41 heavy (non-hydrogen) atoms. The molecule has 12 nitrogen and oxygen atoms in total. The second-order valence-corrected chi connectivity index (χ2v) is 9.34. The molecule has 0 unspecified atom stereocenters. The van der Waals surface area contributed by atoms with Crippen LogP contribution < -0.4 is 5.73 Å². The first kappa shape index (κ1) is 27.7. The molecule has 1 saturated heterocycles. The minimum atomic E-state index is -1.69. The molecule has 3 aromatic heterocycles. The van der Waals surface area contributed by atoms with Gasteiger partial charge in [0.05, 0.1) is 5.39 Å². The van der Waals surface area contributed by atoms with Crippen molar-refractivity contribution in [2.24, 2.45) is 0 Å². The summed E-state index contributed by atoms with van der Waals surface area (Å²) in [4.78, 5) is 37.3. The highest BCUT2D eigenvalue weighted by atomic mass is 35.5. The van der Waals surface area contributed by atoms with Gasteiger partial charge in [-0.15, -0.1) is 6.42 Å². The largest absolute Gasteiger partial charge is 0.509 e. The highest BCUT2D eigenvalue weighted by molar-refractivity contribution is 6.28. The van der Waals surface area contributed by atoms with E-state index >= 15 is 0 Å². The Morgan fingerprint density at radius 2 is 1.83 bits per heavy atom. The van der Waals surface area contributed by atoms with Gasteiger partial charge in [0, 0.05) is 30.6 Å². The molecular weight excluding hydrogens is 554 g/mol. The van der Waals surface area contributed by atoms with E-state index in [1.165, 1.54) is 0 Å². The van der Waals surface area contributed by atoms with Crippen molar-refractivity contribution < 1.29 is 33.3 Å². The number of ether oxygens (including phenoxy) is 5. The van der Waals surface area contributed by atoms with E-state index in [0.717, 1.165) is 5.56 Å². The molecule has 0 bridgehead atoms. The van der Waals surface area contributed by atoms with Crippen LogP contribution in [0.1, 0.15) is 23.8 Å². The maximum Gasteiger partial charge on any atom is 0.509 e. The monoisotopic (exact) mass is 577 g/mol. The van der Waals surface area contributed by atoms with E-state index < -0.39 is 36.9 Å². The number of nitrogens with two attached hydrogens (primary N) is 1. The molecule has 0 saturated carbocycles. The summed E-state index contributed by atoms with van der Waals surface area (Å²) < 4.78 is 29.2. The van der Waals surface area contributed by atoms with Crippen LogP contribution in [0.5, 0.6) is 0 Å². The number of terminal acetylenes is 1. The zero-order valence-corrected chi connectivity index (χ0v) is 22.3. The molecule has 1 aromatic carbocycles. The molecule has 0 radical (unpaired) electrons. The molecule has 1 fully saturated rings. The van der Waals surface area contributed by atoms with Crippen LogP contribution in [0.25, 0.3) is 11.0 Å². The number of benzene rings is 1. The summed E-state index contributed by atoms with van der Waals surface area (Å²) in [5.41, 5.74) is 6.10. The van der Waals surface area contributed by atoms with Crippen LogP contribution in [0, 0.1) is 12.3 Å².